The summed E-state index contributed by atoms with van der Waals surface area (Å²) in [5.41, 5.74) is 0. The number of halogens is 2. The molecule has 1 nitrogen and oxygen atoms in total. The van der Waals surface area contributed by atoms with Gasteiger partial charge in [0.2, 0.25) is 0 Å². The molecule has 0 spiro atoms. The molecule has 4 heteroatoms. The number of ether oxygens (including phenoxy) is 1. The molecule has 1 aromatic carbocycles. The van der Waals surface area contributed by atoms with E-state index in [1.165, 1.54) is 13.7 Å². The van der Waals surface area contributed by atoms with Crippen LogP contribution in [0.2, 0.25) is 0 Å². The maximum absolute atomic E-state index is 5.28. The normalized spacial score (nSPS) is 10.7. The number of methoxy groups -OCH3 is 1. The minimum atomic E-state index is 0.988. The van der Waals surface area contributed by atoms with Crippen molar-refractivity contribution in [3.05, 3.63) is 26.2 Å². The first-order chi connectivity index (χ1) is 6.24. The molecule has 0 amide bonds. The number of benzene rings is 1. The molecule has 1 heterocycles. The Morgan fingerprint density at radius 2 is 2.23 bits per heavy atom. The number of thiophene rings is 1. The SMILES string of the molecule is COc1sc2cccc(Br)c2c1I. The minimum Gasteiger partial charge on any atom is -0.486 e. The van der Waals surface area contributed by atoms with Gasteiger partial charge in [-0.15, -0.1) is 0 Å². The van der Waals surface area contributed by atoms with Crippen molar-refractivity contribution in [2.75, 3.05) is 7.11 Å². The van der Waals surface area contributed by atoms with Gasteiger partial charge in [-0.2, -0.15) is 0 Å². The van der Waals surface area contributed by atoms with Crippen molar-refractivity contribution in [1.29, 1.82) is 0 Å². The molecule has 0 N–H and O–H groups in total. The van der Waals surface area contributed by atoms with Crippen LogP contribution in [0, 0.1) is 3.57 Å². The third-order valence-corrected chi connectivity index (χ3v) is 4.93. The molecule has 0 aliphatic rings. The largest absolute Gasteiger partial charge is 0.486 e. The predicted octanol–water partition coefficient (Wildman–Crippen LogP) is 4.28. The molecule has 2 aromatic rings. The van der Waals surface area contributed by atoms with Gasteiger partial charge in [0.25, 0.3) is 0 Å². The van der Waals surface area contributed by atoms with Gasteiger partial charge in [0.05, 0.1) is 10.7 Å². The molecule has 0 radical (unpaired) electrons. The molecule has 0 saturated carbocycles. The molecule has 2 rings (SSSR count). The van der Waals surface area contributed by atoms with E-state index in [0.29, 0.717) is 0 Å². The van der Waals surface area contributed by atoms with E-state index in [1.54, 1.807) is 18.4 Å². The van der Waals surface area contributed by atoms with Crippen LogP contribution in [0.4, 0.5) is 0 Å². The van der Waals surface area contributed by atoms with Crippen molar-refractivity contribution in [3.63, 3.8) is 0 Å². The molecular weight excluding hydrogens is 363 g/mol. The van der Waals surface area contributed by atoms with Crippen molar-refractivity contribution in [1.82, 2.24) is 0 Å². The van der Waals surface area contributed by atoms with E-state index in [0.717, 1.165) is 9.54 Å². The van der Waals surface area contributed by atoms with Gasteiger partial charge in [0.15, 0.2) is 5.06 Å². The van der Waals surface area contributed by atoms with Crippen LogP contribution in [-0.2, 0) is 0 Å². The van der Waals surface area contributed by atoms with Crippen LogP contribution < -0.4 is 4.74 Å². The fraction of sp³-hybridized carbons (Fsp3) is 0.111. The molecule has 0 aliphatic heterocycles. The molecule has 0 atom stereocenters. The van der Waals surface area contributed by atoms with Gasteiger partial charge in [-0.3, -0.25) is 0 Å². The second-order valence-corrected chi connectivity index (χ2v) is 5.47. The lowest BCUT2D eigenvalue weighted by molar-refractivity contribution is 0.425. The molecule has 0 fully saturated rings. The Bertz CT molecular complexity index is 452. The fourth-order valence-electron chi connectivity index (χ4n) is 1.18. The van der Waals surface area contributed by atoms with E-state index >= 15 is 0 Å². The van der Waals surface area contributed by atoms with Gasteiger partial charge in [-0.25, -0.2) is 0 Å². The highest BCUT2D eigenvalue weighted by Crippen LogP contribution is 2.41. The minimum absolute atomic E-state index is 0.988. The van der Waals surface area contributed by atoms with E-state index < -0.39 is 0 Å². The zero-order chi connectivity index (χ0) is 9.42. The molecule has 68 valence electrons. The topological polar surface area (TPSA) is 9.23 Å². The first-order valence-corrected chi connectivity index (χ1v) is 6.33. The second kappa shape index (κ2) is 3.74. The van der Waals surface area contributed by atoms with Crippen LogP contribution in [0.25, 0.3) is 10.1 Å². The number of fused-ring (bicyclic) bond motifs is 1. The van der Waals surface area contributed by atoms with Crippen LogP contribution in [0.3, 0.4) is 0 Å². The Hall–Kier alpha value is 0.190. The lowest BCUT2D eigenvalue weighted by atomic mass is 10.3. The van der Waals surface area contributed by atoms with Crippen LogP contribution in [0.15, 0.2) is 22.7 Å². The van der Waals surface area contributed by atoms with Gasteiger partial charge in [-0.05, 0) is 34.7 Å². The van der Waals surface area contributed by atoms with E-state index in [4.69, 9.17) is 4.74 Å². The summed E-state index contributed by atoms with van der Waals surface area (Å²) >= 11 is 7.53. The average molecular weight is 369 g/mol. The van der Waals surface area contributed by atoms with E-state index in [9.17, 15) is 0 Å². The molecular formula is C9H6BrIOS. The Kier molecular flexibility index (Phi) is 2.80. The Labute approximate surface area is 102 Å². The second-order valence-electron chi connectivity index (χ2n) is 2.52. The quantitative estimate of drug-likeness (QED) is 0.683. The van der Waals surface area contributed by atoms with E-state index in [-0.39, 0.29) is 0 Å². The monoisotopic (exact) mass is 368 g/mol. The van der Waals surface area contributed by atoms with Crippen LogP contribution in [-0.4, -0.2) is 7.11 Å². The average Bonchev–Trinajstić information content (AvgIpc) is 2.44. The lowest BCUT2D eigenvalue weighted by Gasteiger charge is -1.94. The third kappa shape index (κ3) is 1.59. The molecule has 1 aromatic heterocycles. The number of hydrogen-bond acceptors (Lipinski definition) is 2. The van der Waals surface area contributed by atoms with Crippen molar-refractivity contribution in [2.24, 2.45) is 0 Å². The van der Waals surface area contributed by atoms with Gasteiger partial charge in [-0.1, -0.05) is 33.3 Å². The fourth-order valence-corrected chi connectivity index (χ4v) is 4.50. The highest BCUT2D eigenvalue weighted by molar-refractivity contribution is 14.1. The van der Waals surface area contributed by atoms with Crippen molar-refractivity contribution in [3.8, 4) is 5.06 Å². The first-order valence-electron chi connectivity index (χ1n) is 3.64. The summed E-state index contributed by atoms with van der Waals surface area (Å²) < 4.78 is 8.86. The predicted molar refractivity (Wildman–Crippen MR) is 68.8 cm³/mol. The van der Waals surface area contributed by atoms with Crippen molar-refractivity contribution >= 4 is 59.9 Å². The molecule has 0 saturated heterocycles. The highest BCUT2D eigenvalue weighted by Gasteiger charge is 2.11. The van der Waals surface area contributed by atoms with Crippen LogP contribution >= 0.6 is 49.9 Å². The Balaban J connectivity index is 2.85. The highest BCUT2D eigenvalue weighted by atomic mass is 127. The molecule has 13 heavy (non-hydrogen) atoms. The molecule has 0 bridgehead atoms. The Morgan fingerprint density at radius 3 is 2.85 bits per heavy atom. The van der Waals surface area contributed by atoms with Gasteiger partial charge in [0, 0.05) is 14.6 Å². The Morgan fingerprint density at radius 1 is 1.46 bits per heavy atom. The van der Waals surface area contributed by atoms with Crippen LogP contribution in [0.1, 0.15) is 0 Å². The maximum Gasteiger partial charge on any atom is 0.188 e. The zero-order valence-corrected chi connectivity index (χ0v) is 11.4. The van der Waals surface area contributed by atoms with Gasteiger partial charge < -0.3 is 4.74 Å². The summed E-state index contributed by atoms with van der Waals surface area (Å²) in [6.45, 7) is 0. The van der Waals surface area contributed by atoms with E-state index in [2.05, 4.69) is 50.7 Å². The van der Waals surface area contributed by atoms with Crippen molar-refractivity contribution in [2.45, 2.75) is 0 Å². The lowest BCUT2D eigenvalue weighted by Crippen LogP contribution is -1.79. The smallest absolute Gasteiger partial charge is 0.188 e. The standard InChI is InChI=1S/C9H6BrIOS/c1-12-9-8(11)7-5(10)3-2-4-6(7)13-9/h2-4H,1H3. The molecule has 0 unspecified atom stereocenters. The zero-order valence-electron chi connectivity index (χ0n) is 6.80. The van der Waals surface area contributed by atoms with Crippen molar-refractivity contribution < 1.29 is 4.74 Å². The van der Waals surface area contributed by atoms with Gasteiger partial charge in [0.1, 0.15) is 0 Å². The third-order valence-electron chi connectivity index (χ3n) is 1.76. The summed E-state index contributed by atoms with van der Waals surface area (Å²) in [4.78, 5) is 0. The summed E-state index contributed by atoms with van der Waals surface area (Å²) in [5.74, 6) is 0. The summed E-state index contributed by atoms with van der Waals surface area (Å²) in [7, 11) is 1.71. The van der Waals surface area contributed by atoms with E-state index in [1.807, 2.05) is 6.07 Å². The van der Waals surface area contributed by atoms with Crippen LogP contribution in [0.5, 0.6) is 5.06 Å². The molecule has 0 aliphatic carbocycles. The maximum atomic E-state index is 5.28. The summed E-state index contributed by atoms with van der Waals surface area (Å²) in [5, 5.41) is 2.24. The summed E-state index contributed by atoms with van der Waals surface area (Å²) in [6.07, 6.45) is 0. The summed E-state index contributed by atoms with van der Waals surface area (Å²) in [6, 6.07) is 6.20. The number of hydrogen-bond donors (Lipinski definition) is 0. The van der Waals surface area contributed by atoms with Gasteiger partial charge >= 0.3 is 0 Å². The first kappa shape index (κ1) is 9.73. The number of rotatable bonds is 1.